The molecule has 0 spiro atoms. The normalized spacial score (nSPS) is 12.4. The van der Waals surface area contributed by atoms with E-state index in [9.17, 15) is 8.78 Å². The van der Waals surface area contributed by atoms with Gasteiger partial charge in [-0.2, -0.15) is 0 Å². The predicted molar refractivity (Wildman–Crippen MR) is 80.4 cm³/mol. The van der Waals surface area contributed by atoms with Gasteiger partial charge in [0.25, 0.3) is 0 Å². The van der Waals surface area contributed by atoms with Crippen LogP contribution in [0.4, 0.5) is 8.78 Å². The Balaban J connectivity index is 2.12. The van der Waals surface area contributed by atoms with Gasteiger partial charge in [-0.05, 0) is 30.7 Å². The molecular weight excluding hydrogens is 324 g/mol. The van der Waals surface area contributed by atoms with Gasteiger partial charge in [0, 0.05) is 28.2 Å². The first-order chi connectivity index (χ1) is 9.61. The van der Waals surface area contributed by atoms with E-state index in [1.807, 2.05) is 13.0 Å². The lowest BCUT2D eigenvalue weighted by molar-refractivity contribution is 0.479. The predicted octanol–water partition coefficient (Wildman–Crippen LogP) is 4.97. The van der Waals surface area contributed by atoms with E-state index in [1.54, 1.807) is 24.3 Å². The molecule has 0 saturated carbocycles. The maximum absolute atomic E-state index is 13.8. The molecule has 1 atom stereocenters. The van der Waals surface area contributed by atoms with Crippen molar-refractivity contribution in [1.82, 2.24) is 5.32 Å². The molecule has 2 aromatic carbocycles. The van der Waals surface area contributed by atoms with Gasteiger partial charge >= 0.3 is 0 Å². The molecular formula is C16H16BrF2N. The zero-order valence-corrected chi connectivity index (χ0v) is 12.8. The molecule has 0 saturated heterocycles. The largest absolute Gasteiger partial charge is 0.306 e. The summed E-state index contributed by atoms with van der Waals surface area (Å²) in [5, 5.41) is 3.21. The van der Waals surface area contributed by atoms with Gasteiger partial charge in [0.2, 0.25) is 0 Å². The van der Waals surface area contributed by atoms with Crippen molar-refractivity contribution in [2.24, 2.45) is 0 Å². The summed E-state index contributed by atoms with van der Waals surface area (Å²) in [5.41, 5.74) is 1.18. The molecule has 1 nitrogen and oxygen atoms in total. The summed E-state index contributed by atoms with van der Waals surface area (Å²) in [6.07, 6.45) is 0.733. The zero-order chi connectivity index (χ0) is 14.5. The average Bonchev–Trinajstić information content (AvgIpc) is 2.45. The van der Waals surface area contributed by atoms with Crippen molar-refractivity contribution < 1.29 is 8.78 Å². The maximum atomic E-state index is 13.8. The molecule has 0 aliphatic rings. The van der Waals surface area contributed by atoms with Gasteiger partial charge in [-0.25, -0.2) is 8.78 Å². The van der Waals surface area contributed by atoms with Gasteiger partial charge in [-0.3, -0.25) is 0 Å². The highest BCUT2D eigenvalue weighted by molar-refractivity contribution is 9.10. The van der Waals surface area contributed by atoms with Crippen molar-refractivity contribution in [3.63, 3.8) is 0 Å². The third-order valence-electron chi connectivity index (χ3n) is 3.24. The van der Waals surface area contributed by atoms with Crippen molar-refractivity contribution in [2.45, 2.75) is 25.9 Å². The van der Waals surface area contributed by atoms with Gasteiger partial charge in [-0.1, -0.05) is 41.1 Å². The second kappa shape index (κ2) is 6.95. The van der Waals surface area contributed by atoms with E-state index in [1.165, 1.54) is 12.1 Å². The molecule has 0 bridgehead atoms. The SMILES string of the molecule is CCC(NCc1cc(Br)ccc1F)c1ccccc1F. The van der Waals surface area contributed by atoms with Crippen molar-refractivity contribution in [1.29, 1.82) is 0 Å². The fourth-order valence-electron chi connectivity index (χ4n) is 2.14. The molecule has 106 valence electrons. The first-order valence-corrected chi connectivity index (χ1v) is 7.33. The van der Waals surface area contributed by atoms with Crippen molar-refractivity contribution in [3.8, 4) is 0 Å². The van der Waals surface area contributed by atoms with Crippen LogP contribution < -0.4 is 5.32 Å². The topological polar surface area (TPSA) is 12.0 Å². The Kier molecular flexibility index (Phi) is 5.26. The molecule has 0 aromatic heterocycles. The van der Waals surface area contributed by atoms with E-state index in [2.05, 4.69) is 21.2 Å². The van der Waals surface area contributed by atoms with E-state index >= 15 is 0 Å². The molecule has 2 rings (SSSR count). The molecule has 1 N–H and O–H groups in total. The van der Waals surface area contributed by atoms with Crippen LogP contribution in [0.3, 0.4) is 0 Å². The minimum absolute atomic E-state index is 0.130. The molecule has 0 heterocycles. The second-order valence-electron chi connectivity index (χ2n) is 4.60. The molecule has 20 heavy (non-hydrogen) atoms. The van der Waals surface area contributed by atoms with Crippen LogP contribution in [0.25, 0.3) is 0 Å². The first kappa shape index (κ1) is 15.1. The number of halogens is 3. The van der Waals surface area contributed by atoms with Crippen LogP contribution in [0.1, 0.15) is 30.5 Å². The highest BCUT2D eigenvalue weighted by Crippen LogP contribution is 2.21. The standard InChI is InChI=1S/C16H16BrF2N/c1-2-16(13-5-3-4-6-15(13)19)20-10-11-9-12(17)7-8-14(11)18/h3-9,16,20H,2,10H2,1H3. The minimum atomic E-state index is -0.260. The molecule has 0 fully saturated rings. The van der Waals surface area contributed by atoms with E-state index < -0.39 is 0 Å². The summed E-state index contributed by atoms with van der Waals surface area (Å²) >= 11 is 3.32. The number of hydrogen-bond acceptors (Lipinski definition) is 1. The van der Waals surface area contributed by atoms with E-state index in [4.69, 9.17) is 0 Å². The van der Waals surface area contributed by atoms with Gasteiger partial charge in [0.1, 0.15) is 11.6 Å². The lowest BCUT2D eigenvalue weighted by Gasteiger charge is -2.18. The molecule has 2 aromatic rings. The molecule has 0 aliphatic heterocycles. The van der Waals surface area contributed by atoms with E-state index in [0.29, 0.717) is 17.7 Å². The third kappa shape index (κ3) is 3.64. The van der Waals surface area contributed by atoms with Gasteiger partial charge in [-0.15, -0.1) is 0 Å². The van der Waals surface area contributed by atoms with Gasteiger partial charge < -0.3 is 5.32 Å². The van der Waals surface area contributed by atoms with Crippen molar-refractivity contribution >= 4 is 15.9 Å². The number of rotatable bonds is 5. The molecule has 1 unspecified atom stereocenters. The summed E-state index contributed by atoms with van der Waals surface area (Å²) in [6.45, 7) is 2.33. The molecule has 4 heteroatoms. The van der Waals surface area contributed by atoms with Crippen LogP contribution in [0, 0.1) is 11.6 Å². The second-order valence-corrected chi connectivity index (χ2v) is 5.51. The average molecular weight is 340 g/mol. The van der Waals surface area contributed by atoms with Crippen LogP contribution in [0.2, 0.25) is 0 Å². The zero-order valence-electron chi connectivity index (χ0n) is 11.2. The summed E-state index contributed by atoms with van der Waals surface area (Å²) < 4.78 is 28.3. The van der Waals surface area contributed by atoms with Gasteiger partial charge in [0.15, 0.2) is 0 Å². The van der Waals surface area contributed by atoms with Crippen LogP contribution in [0.5, 0.6) is 0 Å². The number of nitrogens with one attached hydrogen (secondary N) is 1. The monoisotopic (exact) mass is 339 g/mol. The first-order valence-electron chi connectivity index (χ1n) is 6.53. The fourth-order valence-corrected chi connectivity index (χ4v) is 2.55. The summed E-state index contributed by atoms with van der Waals surface area (Å²) in [7, 11) is 0. The minimum Gasteiger partial charge on any atom is -0.306 e. The van der Waals surface area contributed by atoms with Crippen LogP contribution in [-0.2, 0) is 6.54 Å². The Morgan fingerprint density at radius 1 is 1.10 bits per heavy atom. The smallest absolute Gasteiger partial charge is 0.127 e. The van der Waals surface area contributed by atoms with Crippen LogP contribution >= 0.6 is 15.9 Å². The fraction of sp³-hybridized carbons (Fsp3) is 0.250. The lowest BCUT2D eigenvalue weighted by Crippen LogP contribution is -2.21. The number of benzene rings is 2. The van der Waals surface area contributed by atoms with E-state index in [0.717, 1.165) is 10.9 Å². The maximum Gasteiger partial charge on any atom is 0.127 e. The Morgan fingerprint density at radius 2 is 1.85 bits per heavy atom. The summed E-state index contributed by atoms with van der Waals surface area (Å²) in [6, 6.07) is 11.4. The van der Waals surface area contributed by atoms with Crippen molar-refractivity contribution in [2.75, 3.05) is 0 Å². The van der Waals surface area contributed by atoms with Gasteiger partial charge in [0.05, 0.1) is 0 Å². The Bertz CT molecular complexity index is 586. The lowest BCUT2D eigenvalue weighted by atomic mass is 10.0. The van der Waals surface area contributed by atoms with E-state index in [-0.39, 0.29) is 17.7 Å². The Morgan fingerprint density at radius 3 is 2.55 bits per heavy atom. The van der Waals surface area contributed by atoms with Crippen LogP contribution in [0.15, 0.2) is 46.9 Å². The molecule has 0 radical (unpaired) electrons. The highest BCUT2D eigenvalue weighted by Gasteiger charge is 2.13. The summed E-state index contributed by atoms with van der Waals surface area (Å²) in [4.78, 5) is 0. The number of hydrogen-bond donors (Lipinski definition) is 1. The quantitative estimate of drug-likeness (QED) is 0.810. The molecule has 0 amide bonds. The molecule has 0 aliphatic carbocycles. The Labute approximate surface area is 126 Å². The van der Waals surface area contributed by atoms with Crippen LogP contribution in [-0.4, -0.2) is 0 Å². The summed E-state index contributed by atoms with van der Waals surface area (Å²) in [5.74, 6) is -0.495. The highest BCUT2D eigenvalue weighted by atomic mass is 79.9. The Hall–Kier alpha value is -1.26. The van der Waals surface area contributed by atoms with Crippen molar-refractivity contribution in [3.05, 3.63) is 69.7 Å². The third-order valence-corrected chi connectivity index (χ3v) is 3.73.